The lowest BCUT2D eigenvalue weighted by molar-refractivity contribution is -0.143. The highest BCUT2D eigenvalue weighted by Gasteiger charge is 2.41. The molecule has 0 bridgehead atoms. The third-order valence-electron chi connectivity index (χ3n) is 2.82. The molecule has 17 heavy (non-hydrogen) atoms. The molecule has 1 N–H and O–H groups in total. The molecule has 7 heteroatoms. The number of aromatic amines is 1. The summed E-state index contributed by atoms with van der Waals surface area (Å²) in [6.45, 7) is 2.39. The molecular formula is C10H14FN5O. The van der Waals surface area contributed by atoms with Gasteiger partial charge in [0.15, 0.2) is 11.5 Å². The van der Waals surface area contributed by atoms with E-state index < -0.39 is 11.6 Å². The molecule has 1 aliphatic carbocycles. The molecule has 0 spiro atoms. The van der Waals surface area contributed by atoms with Gasteiger partial charge in [0.1, 0.15) is 0 Å². The Hall–Kier alpha value is -1.79. The number of rotatable bonds is 4. The molecule has 0 radical (unpaired) electrons. The fraction of sp³-hybridized carbons (Fsp3) is 0.600. The van der Waals surface area contributed by atoms with E-state index in [0.717, 1.165) is 0 Å². The summed E-state index contributed by atoms with van der Waals surface area (Å²) in [5.74, 6) is -0.121. The van der Waals surface area contributed by atoms with Crippen molar-refractivity contribution in [3.05, 3.63) is 18.0 Å². The van der Waals surface area contributed by atoms with Crippen LogP contribution in [0.3, 0.4) is 0 Å². The Labute approximate surface area is 97.9 Å². The van der Waals surface area contributed by atoms with E-state index in [1.54, 1.807) is 19.1 Å². The van der Waals surface area contributed by atoms with Crippen molar-refractivity contribution in [2.45, 2.75) is 32.0 Å². The van der Waals surface area contributed by atoms with Crippen molar-refractivity contribution in [2.24, 2.45) is 0 Å². The maximum Gasteiger partial charge on any atom is 0.261 e. The largest absolute Gasteiger partial charge is 0.332 e. The van der Waals surface area contributed by atoms with Crippen LogP contribution in [0.4, 0.5) is 4.39 Å². The SMILES string of the molecule is CCN(Cc1nn[nH]n1)C(=O)C1(F)CC=CC1. The molecule has 0 atom stereocenters. The van der Waals surface area contributed by atoms with Crippen molar-refractivity contribution in [3.8, 4) is 0 Å². The van der Waals surface area contributed by atoms with E-state index in [1.807, 2.05) is 0 Å². The van der Waals surface area contributed by atoms with E-state index in [2.05, 4.69) is 20.6 Å². The van der Waals surface area contributed by atoms with Gasteiger partial charge >= 0.3 is 0 Å². The van der Waals surface area contributed by atoms with E-state index in [9.17, 15) is 9.18 Å². The summed E-state index contributed by atoms with van der Waals surface area (Å²) in [6.07, 6.45) is 3.68. The first-order chi connectivity index (χ1) is 8.15. The molecule has 0 aliphatic heterocycles. The van der Waals surface area contributed by atoms with Crippen LogP contribution in [0.15, 0.2) is 12.2 Å². The monoisotopic (exact) mass is 239 g/mol. The number of allylic oxidation sites excluding steroid dienone is 2. The van der Waals surface area contributed by atoms with Crippen molar-refractivity contribution in [2.75, 3.05) is 6.54 Å². The quantitative estimate of drug-likeness (QED) is 0.781. The molecule has 0 aromatic carbocycles. The lowest BCUT2D eigenvalue weighted by Gasteiger charge is -2.27. The number of amides is 1. The predicted octanol–water partition coefficient (Wildman–Crippen LogP) is 0.606. The molecule has 1 aromatic heterocycles. The molecule has 0 saturated heterocycles. The number of carbonyl (C=O) groups excluding carboxylic acids is 1. The van der Waals surface area contributed by atoms with Gasteiger partial charge in [-0.25, -0.2) is 4.39 Å². The van der Waals surface area contributed by atoms with Crippen molar-refractivity contribution >= 4 is 5.91 Å². The number of tetrazole rings is 1. The fourth-order valence-corrected chi connectivity index (χ4v) is 1.83. The molecule has 1 aromatic rings. The van der Waals surface area contributed by atoms with E-state index >= 15 is 0 Å². The first kappa shape index (κ1) is 11.7. The molecule has 1 aliphatic rings. The van der Waals surface area contributed by atoms with Crippen molar-refractivity contribution in [1.82, 2.24) is 25.5 Å². The fourth-order valence-electron chi connectivity index (χ4n) is 1.83. The average molecular weight is 239 g/mol. The Morgan fingerprint density at radius 1 is 1.59 bits per heavy atom. The van der Waals surface area contributed by atoms with Crippen LogP contribution in [0.5, 0.6) is 0 Å². The molecule has 0 unspecified atom stereocenters. The number of nitrogens with zero attached hydrogens (tertiary/aromatic N) is 4. The van der Waals surface area contributed by atoms with Crippen LogP contribution in [0.2, 0.25) is 0 Å². The third kappa shape index (κ3) is 2.32. The Balaban J connectivity index is 2.05. The number of nitrogens with one attached hydrogen (secondary N) is 1. The topological polar surface area (TPSA) is 74.8 Å². The van der Waals surface area contributed by atoms with Crippen LogP contribution in [0.1, 0.15) is 25.6 Å². The van der Waals surface area contributed by atoms with Crippen molar-refractivity contribution < 1.29 is 9.18 Å². The summed E-state index contributed by atoms with van der Waals surface area (Å²) in [5, 5.41) is 13.2. The van der Waals surface area contributed by atoms with E-state index in [1.165, 1.54) is 4.90 Å². The zero-order valence-electron chi connectivity index (χ0n) is 9.56. The minimum absolute atomic E-state index is 0.147. The van der Waals surface area contributed by atoms with E-state index in [-0.39, 0.29) is 19.4 Å². The van der Waals surface area contributed by atoms with Crippen molar-refractivity contribution in [1.29, 1.82) is 0 Å². The maximum absolute atomic E-state index is 14.3. The molecule has 6 nitrogen and oxygen atoms in total. The van der Waals surface area contributed by atoms with Gasteiger partial charge < -0.3 is 4.90 Å². The highest BCUT2D eigenvalue weighted by Crippen LogP contribution is 2.30. The number of aromatic nitrogens is 4. The van der Waals surface area contributed by atoms with Gasteiger partial charge in [0.25, 0.3) is 5.91 Å². The third-order valence-corrected chi connectivity index (χ3v) is 2.82. The number of halogens is 1. The summed E-state index contributed by atoms with van der Waals surface area (Å²) in [5.41, 5.74) is -1.79. The molecule has 2 rings (SSSR count). The van der Waals surface area contributed by atoms with Gasteiger partial charge in [-0.3, -0.25) is 4.79 Å². The van der Waals surface area contributed by atoms with Gasteiger partial charge in [-0.15, -0.1) is 10.2 Å². The molecule has 1 amide bonds. The Kier molecular flexibility index (Phi) is 3.16. The van der Waals surface area contributed by atoms with Crippen molar-refractivity contribution in [3.63, 3.8) is 0 Å². The van der Waals surface area contributed by atoms with Gasteiger partial charge in [0.2, 0.25) is 0 Å². The minimum Gasteiger partial charge on any atom is -0.332 e. The lowest BCUT2D eigenvalue weighted by atomic mass is 10.0. The second-order valence-corrected chi connectivity index (χ2v) is 3.99. The Morgan fingerprint density at radius 3 is 2.82 bits per heavy atom. The highest BCUT2D eigenvalue weighted by molar-refractivity contribution is 5.86. The van der Waals surface area contributed by atoms with E-state index in [4.69, 9.17) is 0 Å². The zero-order chi connectivity index (χ0) is 12.3. The molecule has 0 saturated carbocycles. The van der Waals surface area contributed by atoms with Gasteiger partial charge in [-0.05, 0) is 6.92 Å². The summed E-state index contributed by atoms with van der Waals surface area (Å²) >= 11 is 0. The summed E-state index contributed by atoms with van der Waals surface area (Å²) < 4.78 is 14.3. The van der Waals surface area contributed by atoms with Gasteiger partial charge in [0.05, 0.1) is 6.54 Å². The molecule has 0 fully saturated rings. The standard InChI is InChI=1S/C10H14FN5O/c1-2-16(7-8-12-14-15-13-8)9(17)10(11)5-3-4-6-10/h3-4H,2,5-7H2,1H3,(H,12,13,14,15). The number of hydrogen-bond acceptors (Lipinski definition) is 4. The second-order valence-electron chi connectivity index (χ2n) is 3.99. The Morgan fingerprint density at radius 2 is 2.29 bits per heavy atom. The van der Waals surface area contributed by atoms with Crippen LogP contribution < -0.4 is 0 Å². The Bertz CT molecular complexity index is 408. The predicted molar refractivity (Wildman–Crippen MR) is 57.5 cm³/mol. The molecule has 1 heterocycles. The summed E-state index contributed by atoms with van der Waals surface area (Å²) in [4.78, 5) is 13.4. The van der Waals surface area contributed by atoms with Crippen LogP contribution in [-0.4, -0.2) is 43.6 Å². The van der Waals surface area contributed by atoms with Gasteiger partial charge in [-0.1, -0.05) is 17.4 Å². The first-order valence-electron chi connectivity index (χ1n) is 5.51. The lowest BCUT2D eigenvalue weighted by Crippen LogP contribution is -2.44. The maximum atomic E-state index is 14.3. The minimum atomic E-state index is -1.79. The van der Waals surface area contributed by atoms with Crippen LogP contribution in [0, 0.1) is 0 Å². The number of alkyl halides is 1. The average Bonchev–Trinajstić information content (AvgIpc) is 2.97. The normalized spacial score (nSPS) is 17.3. The smallest absolute Gasteiger partial charge is 0.261 e. The second kappa shape index (κ2) is 4.60. The van der Waals surface area contributed by atoms with Crippen LogP contribution in [0.25, 0.3) is 0 Å². The molecule has 92 valence electrons. The summed E-state index contributed by atoms with van der Waals surface area (Å²) in [6, 6.07) is 0. The van der Waals surface area contributed by atoms with Crippen LogP contribution in [-0.2, 0) is 11.3 Å². The van der Waals surface area contributed by atoms with Crippen LogP contribution >= 0.6 is 0 Å². The van der Waals surface area contributed by atoms with Gasteiger partial charge in [0, 0.05) is 19.4 Å². The van der Waals surface area contributed by atoms with Gasteiger partial charge in [-0.2, -0.15) is 5.21 Å². The summed E-state index contributed by atoms with van der Waals surface area (Å²) in [7, 11) is 0. The highest BCUT2D eigenvalue weighted by atomic mass is 19.1. The number of hydrogen-bond donors (Lipinski definition) is 1. The zero-order valence-corrected chi connectivity index (χ0v) is 9.56. The molecular weight excluding hydrogens is 225 g/mol. The number of H-pyrrole nitrogens is 1. The number of carbonyl (C=O) groups is 1. The van der Waals surface area contributed by atoms with E-state index in [0.29, 0.717) is 12.4 Å². The first-order valence-corrected chi connectivity index (χ1v) is 5.51.